The van der Waals surface area contributed by atoms with Crippen molar-refractivity contribution in [2.24, 2.45) is 0 Å². The van der Waals surface area contributed by atoms with Crippen molar-refractivity contribution < 1.29 is 14.1 Å². The molecule has 1 saturated carbocycles. The van der Waals surface area contributed by atoms with E-state index in [2.05, 4.69) is 5.10 Å². The van der Waals surface area contributed by atoms with Gasteiger partial charge in [-0.05, 0) is 25.0 Å². The Hall–Kier alpha value is -3.29. The van der Waals surface area contributed by atoms with Crippen LogP contribution in [-0.4, -0.2) is 31.6 Å². The number of fused-ring (bicyclic) bond motifs is 1. The Morgan fingerprint density at radius 2 is 2.07 bits per heavy atom. The van der Waals surface area contributed by atoms with Crippen LogP contribution in [0.2, 0.25) is 0 Å². The largest absolute Gasteiger partial charge is 0.335 e. The Labute approximate surface area is 160 Å². The number of halogens is 1. The van der Waals surface area contributed by atoms with Crippen LogP contribution >= 0.6 is 0 Å². The number of nitro benzene ring substituents is 1. The maximum atomic E-state index is 14.0. The monoisotopic (exact) mass is 382 g/mol. The molecule has 0 spiro atoms. The molecule has 1 fully saturated rings. The third-order valence-corrected chi connectivity index (χ3v) is 4.98. The number of nitro groups is 1. The van der Waals surface area contributed by atoms with Crippen LogP contribution in [0.3, 0.4) is 0 Å². The van der Waals surface area contributed by atoms with Crippen molar-refractivity contribution in [1.82, 2.24) is 14.7 Å². The fraction of sp³-hybridized carbons (Fsp3) is 0.300. The van der Waals surface area contributed by atoms with Gasteiger partial charge < -0.3 is 4.90 Å². The lowest BCUT2D eigenvalue weighted by atomic mass is 10.2. The second-order valence-corrected chi connectivity index (χ2v) is 6.96. The number of aromatic nitrogens is 2. The lowest BCUT2D eigenvalue weighted by molar-refractivity contribution is -0.384. The molecule has 1 aromatic heterocycles. The van der Waals surface area contributed by atoms with Crippen LogP contribution in [0.15, 0.2) is 48.7 Å². The van der Waals surface area contributed by atoms with Gasteiger partial charge in [0.2, 0.25) is 5.91 Å². The van der Waals surface area contributed by atoms with Crippen LogP contribution in [0.4, 0.5) is 10.1 Å². The SMILES string of the molecule is O=C(CCn1ncc2ccc([N+](=O)[O-])cc21)N(Cc1ccccc1F)C1CC1. The Balaban J connectivity index is 1.48. The second-order valence-electron chi connectivity index (χ2n) is 6.96. The minimum atomic E-state index is -0.453. The van der Waals surface area contributed by atoms with E-state index < -0.39 is 4.92 Å². The van der Waals surface area contributed by atoms with E-state index in [0.717, 1.165) is 18.2 Å². The third kappa shape index (κ3) is 3.71. The van der Waals surface area contributed by atoms with E-state index in [9.17, 15) is 19.3 Å². The van der Waals surface area contributed by atoms with Crippen molar-refractivity contribution in [3.05, 3.63) is 70.2 Å². The highest BCUT2D eigenvalue weighted by molar-refractivity contribution is 5.81. The fourth-order valence-corrected chi connectivity index (χ4v) is 3.31. The summed E-state index contributed by atoms with van der Waals surface area (Å²) < 4.78 is 15.6. The Bertz CT molecular complexity index is 1040. The van der Waals surface area contributed by atoms with E-state index in [-0.39, 0.29) is 36.4 Å². The topological polar surface area (TPSA) is 81.3 Å². The van der Waals surface area contributed by atoms with Crippen LogP contribution < -0.4 is 0 Å². The molecular weight excluding hydrogens is 363 g/mol. The molecule has 8 heteroatoms. The molecule has 144 valence electrons. The average Bonchev–Trinajstić information content (AvgIpc) is 3.45. The van der Waals surface area contributed by atoms with Gasteiger partial charge in [0.1, 0.15) is 5.82 Å². The van der Waals surface area contributed by atoms with Crippen molar-refractivity contribution in [2.75, 3.05) is 0 Å². The van der Waals surface area contributed by atoms with Gasteiger partial charge in [-0.1, -0.05) is 18.2 Å². The van der Waals surface area contributed by atoms with Crippen LogP contribution in [0.1, 0.15) is 24.8 Å². The van der Waals surface area contributed by atoms with Gasteiger partial charge in [0.15, 0.2) is 0 Å². The summed E-state index contributed by atoms with van der Waals surface area (Å²) >= 11 is 0. The molecule has 1 amide bonds. The lowest BCUT2D eigenvalue weighted by Gasteiger charge is -2.23. The molecule has 1 heterocycles. The van der Waals surface area contributed by atoms with Gasteiger partial charge >= 0.3 is 0 Å². The molecule has 0 saturated heterocycles. The Kier molecular flexibility index (Phi) is 4.77. The maximum Gasteiger partial charge on any atom is 0.271 e. The number of hydrogen-bond donors (Lipinski definition) is 0. The van der Waals surface area contributed by atoms with Crippen molar-refractivity contribution in [3.8, 4) is 0 Å². The minimum Gasteiger partial charge on any atom is -0.335 e. The van der Waals surface area contributed by atoms with E-state index in [4.69, 9.17) is 0 Å². The fourth-order valence-electron chi connectivity index (χ4n) is 3.31. The third-order valence-electron chi connectivity index (χ3n) is 4.98. The van der Waals surface area contributed by atoms with Gasteiger partial charge in [-0.25, -0.2) is 4.39 Å². The minimum absolute atomic E-state index is 0.0141. The zero-order chi connectivity index (χ0) is 19.7. The summed E-state index contributed by atoms with van der Waals surface area (Å²) in [5, 5.41) is 16.0. The molecule has 0 radical (unpaired) electrons. The Morgan fingerprint density at radius 1 is 1.29 bits per heavy atom. The Morgan fingerprint density at radius 3 is 2.79 bits per heavy atom. The summed E-state index contributed by atoms with van der Waals surface area (Å²) in [6.45, 7) is 0.561. The highest BCUT2D eigenvalue weighted by atomic mass is 19.1. The van der Waals surface area contributed by atoms with Crippen molar-refractivity contribution in [1.29, 1.82) is 0 Å². The maximum absolute atomic E-state index is 14.0. The molecule has 2 aromatic carbocycles. The zero-order valence-electron chi connectivity index (χ0n) is 15.1. The number of carbonyl (C=O) groups is 1. The number of non-ortho nitro benzene ring substituents is 1. The number of rotatable bonds is 7. The van der Waals surface area contributed by atoms with Gasteiger partial charge in [-0.15, -0.1) is 0 Å². The van der Waals surface area contributed by atoms with Gasteiger partial charge in [-0.2, -0.15) is 5.10 Å². The van der Waals surface area contributed by atoms with E-state index in [0.29, 0.717) is 17.6 Å². The molecular formula is C20H19FN4O3. The highest BCUT2D eigenvalue weighted by Crippen LogP contribution is 2.29. The van der Waals surface area contributed by atoms with Gasteiger partial charge in [-0.3, -0.25) is 19.6 Å². The highest BCUT2D eigenvalue weighted by Gasteiger charge is 2.32. The summed E-state index contributed by atoms with van der Waals surface area (Å²) in [4.78, 5) is 25.1. The molecule has 1 aliphatic rings. The summed E-state index contributed by atoms with van der Waals surface area (Å²) in [5.74, 6) is -0.383. The smallest absolute Gasteiger partial charge is 0.271 e. The van der Waals surface area contributed by atoms with E-state index >= 15 is 0 Å². The number of carbonyl (C=O) groups excluding carboxylic acids is 1. The molecule has 0 bridgehead atoms. The normalized spacial score (nSPS) is 13.6. The summed E-state index contributed by atoms with van der Waals surface area (Å²) in [5.41, 5.74) is 1.11. The first-order chi connectivity index (χ1) is 13.5. The summed E-state index contributed by atoms with van der Waals surface area (Å²) in [6.07, 6.45) is 3.68. The number of nitrogens with zero attached hydrogens (tertiary/aromatic N) is 4. The van der Waals surface area contributed by atoms with E-state index in [1.807, 2.05) is 0 Å². The molecule has 4 rings (SSSR count). The molecule has 0 atom stereocenters. The molecule has 3 aromatic rings. The van der Waals surface area contributed by atoms with Crippen molar-refractivity contribution in [3.63, 3.8) is 0 Å². The van der Waals surface area contributed by atoms with Gasteiger partial charge in [0, 0.05) is 42.1 Å². The number of aryl methyl sites for hydroxylation is 1. The number of benzene rings is 2. The van der Waals surface area contributed by atoms with Gasteiger partial charge in [0.25, 0.3) is 5.69 Å². The van der Waals surface area contributed by atoms with E-state index in [1.54, 1.807) is 40.0 Å². The summed E-state index contributed by atoms with van der Waals surface area (Å²) in [6, 6.07) is 11.2. The first-order valence-electron chi connectivity index (χ1n) is 9.16. The van der Waals surface area contributed by atoms with Crippen LogP contribution in [0, 0.1) is 15.9 Å². The first kappa shape index (κ1) is 18.1. The molecule has 7 nitrogen and oxygen atoms in total. The molecule has 0 unspecified atom stereocenters. The second kappa shape index (κ2) is 7.38. The van der Waals surface area contributed by atoms with Crippen molar-refractivity contribution in [2.45, 2.75) is 38.4 Å². The summed E-state index contributed by atoms with van der Waals surface area (Å²) in [7, 11) is 0. The molecule has 0 N–H and O–H groups in total. The number of hydrogen-bond acceptors (Lipinski definition) is 4. The first-order valence-corrected chi connectivity index (χ1v) is 9.16. The lowest BCUT2D eigenvalue weighted by Crippen LogP contribution is -2.33. The van der Waals surface area contributed by atoms with Crippen LogP contribution in [0.5, 0.6) is 0 Å². The van der Waals surface area contributed by atoms with Crippen molar-refractivity contribution >= 4 is 22.5 Å². The quantitative estimate of drug-likeness (QED) is 0.461. The zero-order valence-corrected chi connectivity index (χ0v) is 15.1. The average molecular weight is 382 g/mol. The number of amides is 1. The van der Waals surface area contributed by atoms with Crippen LogP contribution in [0.25, 0.3) is 10.9 Å². The standard InChI is InChI=1S/C20H19FN4O3/c21-18-4-2-1-3-15(18)13-23(16-7-8-16)20(26)9-10-24-19-11-17(25(27)28)6-5-14(19)12-22-24/h1-6,11-12,16H,7-10,13H2. The van der Waals surface area contributed by atoms with Gasteiger partial charge in [0.05, 0.1) is 23.2 Å². The predicted octanol–water partition coefficient (Wildman–Crippen LogP) is 3.66. The van der Waals surface area contributed by atoms with E-state index in [1.165, 1.54) is 18.2 Å². The molecule has 1 aliphatic carbocycles. The molecule has 0 aliphatic heterocycles. The van der Waals surface area contributed by atoms with Crippen LogP contribution in [-0.2, 0) is 17.9 Å². The predicted molar refractivity (Wildman–Crippen MR) is 101 cm³/mol. The molecule has 28 heavy (non-hydrogen) atoms.